The number of nitrogens with one attached hydrogen (secondary N) is 2. The molecular weight excluding hydrogens is 424 g/mol. The van der Waals surface area contributed by atoms with Crippen LogP contribution in [0.25, 0.3) is 0 Å². The Hall–Kier alpha value is -3.04. The van der Waals surface area contributed by atoms with E-state index in [2.05, 4.69) is 9.44 Å². The maximum atomic E-state index is 12.5. The maximum absolute atomic E-state index is 12.5. The van der Waals surface area contributed by atoms with Gasteiger partial charge in [-0.15, -0.1) is 0 Å². The molecule has 0 spiro atoms. The summed E-state index contributed by atoms with van der Waals surface area (Å²) in [5.41, 5.74) is 2.32. The molecule has 0 atom stereocenters. The van der Waals surface area contributed by atoms with Crippen LogP contribution in [-0.2, 0) is 25.8 Å². The molecule has 30 heavy (non-hydrogen) atoms. The maximum Gasteiger partial charge on any atom is 0.261 e. The van der Waals surface area contributed by atoms with Crippen LogP contribution in [0, 0.1) is 6.92 Å². The van der Waals surface area contributed by atoms with Gasteiger partial charge in [-0.25, -0.2) is 16.8 Å². The van der Waals surface area contributed by atoms with Crippen LogP contribution >= 0.6 is 0 Å². The monoisotopic (exact) mass is 446 g/mol. The number of aryl methyl sites for hydroxylation is 1. The fraction of sp³-hybridized carbons (Fsp3) is 0.143. The van der Waals surface area contributed by atoms with E-state index in [-0.39, 0.29) is 16.3 Å². The van der Waals surface area contributed by atoms with Crippen molar-refractivity contribution in [2.75, 3.05) is 16.6 Å². The third-order valence-electron chi connectivity index (χ3n) is 4.22. The largest absolute Gasteiger partial charge is 0.497 e. The summed E-state index contributed by atoms with van der Waals surface area (Å²) in [6.07, 6.45) is 0. The standard InChI is InChI=1S/C21H22N2O5S2/c1-16-4-3-5-17(14-16)15-29(24,25)22-18-8-12-21(13-9-18)30(26,27)23-19-6-10-20(28-2)11-7-19/h3-14,22-23H,15H2,1-2H3. The smallest absolute Gasteiger partial charge is 0.261 e. The molecular formula is C21H22N2O5S2. The van der Waals surface area contributed by atoms with Crippen LogP contribution < -0.4 is 14.2 Å². The van der Waals surface area contributed by atoms with E-state index in [1.807, 2.05) is 13.0 Å². The van der Waals surface area contributed by atoms with Crippen molar-refractivity contribution in [3.8, 4) is 5.75 Å². The zero-order valence-corrected chi connectivity index (χ0v) is 18.1. The second-order valence-corrected chi connectivity index (χ2v) is 10.1. The number of hydrogen-bond acceptors (Lipinski definition) is 5. The Balaban J connectivity index is 1.70. The SMILES string of the molecule is COc1ccc(NS(=O)(=O)c2ccc(NS(=O)(=O)Cc3cccc(C)c3)cc2)cc1. The van der Waals surface area contributed by atoms with Gasteiger partial charge in [0.25, 0.3) is 10.0 Å². The lowest BCUT2D eigenvalue weighted by atomic mass is 10.2. The van der Waals surface area contributed by atoms with E-state index >= 15 is 0 Å². The molecule has 2 N–H and O–H groups in total. The fourth-order valence-electron chi connectivity index (χ4n) is 2.81. The van der Waals surface area contributed by atoms with Crippen LogP contribution in [0.5, 0.6) is 5.75 Å². The first-order chi connectivity index (χ1) is 14.2. The van der Waals surface area contributed by atoms with E-state index in [0.29, 0.717) is 17.0 Å². The number of ether oxygens (including phenoxy) is 1. The zero-order valence-electron chi connectivity index (χ0n) is 16.5. The third kappa shape index (κ3) is 5.74. The van der Waals surface area contributed by atoms with Gasteiger partial charge < -0.3 is 4.74 Å². The number of anilines is 2. The van der Waals surface area contributed by atoms with Gasteiger partial charge in [0.2, 0.25) is 10.0 Å². The highest BCUT2D eigenvalue weighted by Gasteiger charge is 2.16. The average molecular weight is 447 g/mol. The molecule has 9 heteroatoms. The lowest BCUT2D eigenvalue weighted by molar-refractivity contribution is 0.415. The highest BCUT2D eigenvalue weighted by Crippen LogP contribution is 2.21. The average Bonchev–Trinajstić information content (AvgIpc) is 2.68. The number of methoxy groups -OCH3 is 1. The molecule has 3 aromatic carbocycles. The predicted molar refractivity (Wildman–Crippen MR) is 118 cm³/mol. The molecule has 7 nitrogen and oxygen atoms in total. The molecule has 0 aliphatic rings. The van der Waals surface area contributed by atoms with Crippen molar-refractivity contribution in [1.29, 1.82) is 0 Å². The molecule has 0 saturated heterocycles. The molecule has 0 fully saturated rings. The van der Waals surface area contributed by atoms with Crippen LogP contribution in [-0.4, -0.2) is 23.9 Å². The molecule has 0 heterocycles. The van der Waals surface area contributed by atoms with Gasteiger partial charge in [0, 0.05) is 11.4 Å². The van der Waals surface area contributed by atoms with Gasteiger partial charge in [0.05, 0.1) is 17.8 Å². The number of rotatable bonds is 8. The lowest BCUT2D eigenvalue weighted by Crippen LogP contribution is -2.16. The predicted octanol–water partition coefficient (Wildman–Crippen LogP) is 3.75. The number of hydrogen-bond donors (Lipinski definition) is 2. The fourth-order valence-corrected chi connectivity index (χ4v) is 5.06. The van der Waals surface area contributed by atoms with Crippen molar-refractivity contribution in [2.45, 2.75) is 17.6 Å². The van der Waals surface area contributed by atoms with Crippen molar-refractivity contribution in [3.63, 3.8) is 0 Å². The van der Waals surface area contributed by atoms with Gasteiger partial charge in [-0.3, -0.25) is 9.44 Å². The second kappa shape index (κ2) is 8.76. The van der Waals surface area contributed by atoms with Crippen molar-refractivity contribution >= 4 is 31.4 Å². The summed E-state index contributed by atoms with van der Waals surface area (Å²) in [5.74, 6) is 0.438. The van der Waals surface area contributed by atoms with Gasteiger partial charge in [-0.05, 0) is 61.0 Å². The molecule has 3 aromatic rings. The second-order valence-electron chi connectivity index (χ2n) is 6.71. The molecule has 158 valence electrons. The van der Waals surface area contributed by atoms with E-state index < -0.39 is 20.0 Å². The van der Waals surface area contributed by atoms with Gasteiger partial charge in [0.1, 0.15) is 5.75 Å². The molecule has 3 rings (SSSR count). The first-order valence-corrected chi connectivity index (χ1v) is 12.1. The molecule has 0 radical (unpaired) electrons. The normalized spacial score (nSPS) is 11.7. The minimum absolute atomic E-state index is 0.0138. The molecule has 0 amide bonds. The van der Waals surface area contributed by atoms with E-state index in [1.165, 1.54) is 31.4 Å². The van der Waals surface area contributed by atoms with Gasteiger partial charge >= 0.3 is 0 Å². The van der Waals surface area contributed by atoms with Crippen LogP contribution in [0.15, 0.2) is 77.7 Å². The van der Waals surface area contributed by atoms with E-state index in [0.717, 1.165) is 5.56 Å². The Labute approximate surface area is 176 Å². The topological polar surface area (TPSA) is 102 Å². The number of sulfonamides is 2. The van der Waals surface area contributed by atoms with Gasteiger partial charge in [-0.1, -0.05) is 29.8 Å². The quantitative estimate of drug-likeness (QED) is 0.549. The van der Waals surface area contributed by atoms with Crippen molar-refractivity contribution < 1.29 is 21.6 Å². The zero-order chi connectivity index (χ0) is 21.8. The summed E-state index contributed by atoms with van der Waals surface area (Å²) in [4.78, 5) is 0.0138. The Morgan fingerprint density at radius 3 is 2.00 bits per heavy atom. The van der Waals surface area contributed by atoms with Crippen LogP contribution in [0.1, 0.15) is 11.1 Å². The molecule has 0 aliphatic carbocycles. The number of benzene rings is 3. The van der Waals surface area contributed by atoms with E-state index in [1.54, 1.807) is 42.5 Å². The first kappa shape index (κ1) is 21.7. The Kier molecular flexibility index (Phi) is 6.33. The molecule has 0 aliphatic heterocycles. The van der Waals surface area contributed by atoms with Crippen LogP contribution in [0.2, 0.25) is 0 Å². The van der Waals surface area contributed by atoms with E-state index in [4.69, 9.17) is 4.74 Å². The van der Waals surface area contributed by atoms with Gasteiger partial charge in [-0.2, -0.15) is 0 Å². The summed E-state index contributed by atoms with van der Waals surface area (Å²) in [5, 5.41) is 0. The van der Waals surface area contributed by atoms with Crippen LogP contribution in [0.4, 0.5) is 11.4 Å². The molecule has 0 bridgehead atoms. The van der Waals surface area contributed by atoms with Crippen LogP contribution in [0.3, 0.4) is 0 Å². The highest BCUT2D eigenvalue weighted by molar-refractivity contribution is 7.92. The Bertz CT molecular complexity index is 1220. The summed E-state index contributed by atoms with van der Waals surface area (Å²) in [7, 11) is -5.93. The lowest BCUT2D eigenvalue weighted by Gasteiger charge is -2.11. The molecule has 0 aromatic heterocycles. The Morgan fingerprint density at radius 1 is 0.800 bits per heavy atom. The minimum atomic E-state index is -3.81. The van der Waals surface area contributed by atoms with Crippen molar-refractivity contribution in [2.24, 2.45) is 0 Å². The Morgan fingerprint density at radius 2 is 1.40 bits per heavy atom. The van der Waals surface area contributed by atoms with Crippen molar-refractivity contribution in [1.82, 2.24) is 0 Å². The summed E-state index contributed by atoms with van der Waals surface area (Å²) in [6.45, 7) is 1.89. The first-order valence-electron chi connectivity index (χ1n) is 9.00. The third-order valence-corrected chi connectivity index (χ3v) is 6.88. The summed E-state index contributed by atoms with van der Waals surface area (Å²) >= 11 is 0. The molecule has 0 unspecified atom stereocenters. The minimum Gasteiger partial charge on any atom is -0.497 e. The van der Waals surface area contributed by atoms with Gasteiger partial charge in [0.15, 0.2) is 0 Å². The summed E-state index contributed by atoms with van der Waals surface area (Å²) < 4.78 is 59.9. The molecule has 0 saturated carbocycles. The summed E-state index contributed by atoms with van der Waals surface area (Å²) in [6, 6.07) is 19.2. The van der Waals surface area contributed by atoms with Crippen molar-refractivity contribution in [3.05, 3.63) is 83.9 Å². The van der Waals surface area contributed by atoms with E-state index in [9.17, 15) is 16.8 Å². The highest BCUT2D eigenvalue weighted by atomic mass is 32.2.